The van der Waals surface area contributed by atoms with E-state index >= 15 is 0 Å². The Hall–Kier alpha value is -0.0400. The van der Waals surface area contributed by atoms with Gasteiger partial charge in [0.1, 0.15) is 0 Å². The Balaban J connectivity index is 2.04. The van der Waals surface area contributed by atoms with Gasteiger partial charge in [-0.15, -0.1) is 0 Å². The zero-order chi connectivity index (χ0) is 5.83. The van der Waals surface area contributed by atoms with Crippen LogP contribution in [0.4, 0.5) is 0 Å². The molecule has 8 heavy (non-hydrogen) atoms. The summed E-state index contributed by atoms with van der Waals surface area (Å²) in [5, 5.41) is 0. The molecule has 1 nitrogen and oxygen atoms in total. The molecule has 2 bridgehead atoms. The fraction of sp³-hybridized carbons (Fsp3) is 1.00. The van der Waals surface area contributed by atoms with Crippen LogP contribution >= 0.6 is 0 Å². The second-order valence-corrected chi connectivity index (χ2v) is 3.88. The van der Waals surface area contributed by atoms with Crippen LogP contribution < -0.4 is 5.73 Å². The topological polar surface area (TPSA) is 27.6 Å². The first-order valence-electron chi connectivity index (χ1n) is 3.54. The lowest BCUT2D eigenvalue weighted by Crippen LogP contribution is -2.89. The number of hydrogen-bond acceptors (Lipinski definition) is 0. The minimum atomic E-state index is 0.579. The highest BCUT2D eigenvalue weighted by Crippen LogP contribution is 2.66. The van der Waals surface area contributed by atoms with Crippen molar-refractivity contribution in [3.05, 3.63) is 0 Å². The first kappa shape index (κ1) is 4.80. The van der Waals surface area contributed by atoms with Crippen LogP contribution in [0, 0.1) is 5.41 Å². The Morgan fingerprint density at radius 2 is 1.88 bits per heavy atom. The summed E-state index contributed by atoms with van der Waals surface area (Å²) in [4.78, 5) is 0. The number of rotatable bonds is 1. The van der Waals surface area contributed by atoms with Gasteiger partial charge in [-0.25, -0.2) is 0 Å². The van der Waals surface area contributed by atoms with Crippen LogP contribution in [0.15, 0.2) is 0 Å². The van der Waals surface area contributed by atoms with Crippen LogP contribution in [0.5, 0.6) is 0 Å². The molecule has 0 aromatic carbocycles. The van der Waals surface area contributed by atoms with Gasteiger partial charge in [-0.2, -0.15) is 0 Å². The summed E-state index contributed by atoms with van der Waals surface area (Å²) >= 11 is 0. The van der Waals surface area contributed by atoms with Crippen LogP contribution in [0.1, 0.15) is 32.6 Å². The van der Waals surface area contributed by atoms with Gasteiger partial charge in [0.2, 0.25) is 0 Å². The predicted molar refractivity (Wildman–Crippen MR) is 32.2 cm³/mol. The fourth-order valence-corrected chi connectivity index (χ4v) is 2.61. The lowest BCUT2D eigenvalue weighted by molar-refractivity contribution is -0.569. The summed E-state index contributed by atoms with van der Waals surface area (Å²) in [5.74, 6) is 0. The van der Waals surface area contributed by atoms with Crippen molar-refractivity contribution in [2.24, 2.45) is 5.41 Å². The van der Waals surface area contributed by atoms with E-state index < -0.39 is 0 Å². The standard InChI is InChI=1S/C7H13N/c1-2-6-3-7(8,4-6)5-6/h2-5,8H2,1H3/p+1. The third-order valence-electron chi connectivity index (χ3n) is 3.00. The molecule has 3 N–H and O–H groups in total. The van der Waals surface area contributed by atoms with Crippen molar-refractivity contribution in [2.75, 3.05) is 0 Å². The van der Waals surface area contributed by atoms with Gasteiger partial charge in [0.25, 0.3) is 0 Å². The van der Waals surface area contributed by atoms with E-state index in [2.05, 4.69) is 12.7 Å². The lowest BCUT2D eigenvalue weighted by atomic mass is 9.39. The zero-order valence-corrected chi connectivity index (χ0v) is 5.54. The smallest absolute Gasteiger partial charge is 0.0962 e. The molecule has 3 rings (SSSR count). The minimum absolute atomic E-state index is 0.579. The predicted octanol–water partition coefficient (Wildman–Crippen LogP) is 0.561. The molecule has 0 radical (unpaired) electrons. The Bertz CT molecular complexity index is 109. The van der Waals surface area contributed by atoms with Crippen molar-refractivity contribution in [1.82, 2.24) is 0 Å². The van der Waals surface area contributed by atoms with Crippen molar-refractivity contribution < 1.29 is 5.73 Å². The summed E-state index contributed by atoms with van der Waals surface area (Å²) in [6, 6.07) is 0. The number of quaternary nitrogens is 1. The molecule has 0 atom stereocenters. The largest absolute Gasteiger partial charge is 0.353 e. The maximum atomic E-state index is 4.13. The molecule has 0 heterocycles. The molecule has 3 saturated carbocycles. The SMILES string of the molecule is CCC12CC([NH3+])(C1)C2. The molecule has 1 heteroatoms. The number of hydrogen-bond donors (Lipinski definition) is 1. The third kappa shape index (κ3) is 0.334. The molecular formula is C7H14N+. The highest BCUT2D eigenvalue weighted by Gasteiger charge is 2.67. The lowest BCUT2D eigenvalue weighted by Gasteiger charge is -2.65. The van der Waals surface area contributed by atoms with E-state index in [0.717, 1.165) is 5.41 Å². The zero-order valence-electron chi connectivity index (χ0n) is 5.54. The summed E-state index contributed by atoms with van der Waals surface area (Å²) in [7, 11) is 0. The normalized spacial score (nSPS) is 59.2. The van der Waals surface area contributed by atoms with E-state index in [4.69, 9.17) is 0 Å². The van der Waals surface area contributed by atoms with Gasteiger partial charge in [0.15, 0.2) is 0 Å². The Labute approximate surface area is 50.3 Å². The maximum Gasteiger partial charge on any atom is 0.0962 e. The van der Waals surface area contributed by atoms with Gasteiger partial charge in [-0.05, 0) is 11.8 Å². The van der Waals surface area contributed by atoms with E-state index in [9.17, 15) is 0 Å². The molecule has 0 aromatic heterocycles. The van der Waals surface area contributed by atoms with Crippen LogP contribution in [-0.2, 0) is 0 Å². The Morgan fingerprint density at radius 1 is 1.38 bits per heavy atom. The summed E-state index contributed by atoms with van der Waals surface area (Å²) in [5.41, 5.74) is 5.52. The molecule has 0 aromatic rings. The van der Waals surface area contributed by atoms with Crippen molar-refractivity contribution in [3.63, 3.8) is 0 Å². The molecule has 3 aliphatic carbocycles. The van der Waals surface area contributed by atoms with Gasteiger partial charge < -0.3 is 5.73 Å². The van der Waals surface area contributed by atoms with Gasteiger partial charge in [-0.3, -0.25) is 0 Å². The van der Waals surface area contributed by atoms with Crippen molar-refractivity contribution >= 4 is 0 Å². The highest BCUT2D eigenvalue weighted by atomic mass is 14.9. The molecule has 3 fully saturated rings. The molecule has 0 unspecified atom stereocenters. The van der Waals surface area contributed by atoms with Crippen LogP contribution in [0.2, 0.25) is 0 Å². The van der Waals surface area contributed by atoms with E-state index in [0.29, 0.717) is 5.54 Å². The van der Waals surface area contributed by atoms with E-state index in [1.54, 1.807) is 0 Å². The van der Waals surface area contributed by atoms with Crippen LogP contribution in [0.3, 0.4) is 0 Å². The second kappa shape index (κ2) is 0.971. The Kier molecular flexibility index (Phi) is 0.583. The quantitative estimate of drug-likeness (QED) is 0.513. The van der Waals surface area contributed by atoms with Gasteiger partial charge >= 0.3 is 0 Å². The first-order valence-corrected chi connectivity index (χ1v) is 3.54. The first-order chi connectivity index (χ1) is 3.68. The van der Waals surface area contributed by atoms with Gasteiger partial charge in [0, 0.05) is 19.3 Å². The minimum Gasteiger partial charge on any atom is -0.353 e. The summed E-state index contributed by atoms with van der Waals surface area (Å²) in [6.45, 7) is 2.30. The van der Waals surface area contributed by atoms with Crippen molar-refractivity contribution in [3.8, 4) is 0 Å². The summed E-state index contributed by atoms with van der Waals surface area (Å²) < 4.78 is 0. The van der Waals surface area contributed by atoms with Crippen molar-refractivity contribution in [1.29, 1.82) is 0 Å². The second-order valence-electron chi connectivity index (χ2n) is 3.88. The monoisotopic (exact) mass is 112 g/mol. The van der Waals surface area contributed by atoms with E-state index in [-0.39, 0.29) is 0 Å². The van der Waals surface area contributed by atoms with Gasteiger partial charge in [0.05, 0.1) is 5.54 Å². The third-order valence-corrected chi connectivity index (χ3v) is 3.00. The van der Waals surface area contributed by atoms with Crippen LogP contribution in [0.25, 0.3) is 0 Å². The molecular weight excluding hydrogens is 98.1 g/mol. The molecule has 0 amide bonds. The van der Waals surface area contributed by atoms with E-state index in [1.165, 1.54) is 25.7 Å². The average Bonchev–Trinajstić information content (AvgIpc) is 1.55. The van der Waals surface area contributed by atoms with E-state index in [1.807, 2.05) is 0 Å². The average molecular weight is 112 g/mol. The molecule has 0 spiro atoms. The summed E-state index contributed by atoms with van der Waals surface area (Å²) in [6.07, 6.45) is 5.67. The highest BCUT2D eigenvalue weighted by molar-refractivity contribution is 5.16. The Morgan fingerprint density at radius 3 is 2.00 bits per heavy atom. The molecule has 0 aliphatic heterocycles. The van der Waals surface area contributed by atoms with Crippen molar-refractivity contribution in [2.45, 2.75) is 38.1 Å². The fourth-order valence-electron chi connectivity index (χ4n) is 2.61. The van der Waals surface area contributed by atoms with Crippen LogP contribution in [-0.4, -0.2) is 5.54 Å². The maximum absolute atomic E-state index is 4.13. The molecule has 3 aliphatic rings. The molecule has 0 saturated heterocycles. The van der Waals surface area contributed by atoms with Gasteiger partial charge in [-0.1, -0.05) is 6.92 Å². The molecule has 46 valence electrons.